The lowest BCUT2D eigenvalue weighted by molar-refractivity contribution is -0.158. The molecule has 0 saturated heterocycles. The van der Waals surface area contributed by atoms with Crippen molar-refractivity contribution >= 4 is 5.97 Å². The molecule has 1 fully saturated rings. The monoisotopic (exact) mass is 198 g/mol. The number of aliphatic hydroxyl groups excluding tert-OH is 1. The molecule has 0 radical (unpaired) electrons. The smallest absolute Gasteiger partial charge is 0.314 e. The third-order valence-corrected chi connectivity index (χ3v) is 3.05. The van der Waals surface area contributed by atoms with Crippen LogP contribution in [0.2, 0.25) is 0 Å². The van der Waals surface area contributed by atoms with Gasteiger partial charge >= 0.3 is 5.97 Å². The van der Waals surface area contributed by atoms with Crippen LogP contribution in [0.5, 0.6) is 0 Å². The van der Waals surface area contributed by atoms with Gasteiger partial charge < -0.3 is 9.84 Å². The lowest BCUT2D eigenvalue weighted by atomic mass is 9.80. The van der Waals surface area contributed by atoms with Crippen molar-refractivity contribution in [1.82, 2.24) is 0 Å². The molecule has 0 bridgehead atoms. The van der Waals surface area contributed by atoms with Crippen LogP contribution in [0.1, 0.15) is 32.6 Å². The highest BCUT2D eigenvalue weighted by Gasteiger charge is 2.48. The first-order valence-electron chi connectivity index (χ1n) is 5.05. The van der Waals surface area contributed by atoms with E-state index in [0.717, 1.165) is 12.8 Å². The molecule has 0 aromatic rings. The van der Waals surface area contributed by atoms with Crippen LogP contribution < -0.4 is 0 Å². The zero-order valence-electron chi connectivity index (χ0n) is 8.82. The third kappa shape index (κ3) is 1.82. The van der Waals surface area contributed by atoms with E-state index >= 15 is 0 Å². The summed E-state index contributed by atoms with van der Waals surface area (Å²) >= 11 is 0. The minimum Gasteiger partial charge on any atom is -0.469 e. The van der Waals surface area contributed by atoms with Crippen molar-refractivity contribution in [2.24, 2.45) is 5.41 Å². The molecule has 1 rings (SSSR count). The van der Waals surface area contributed by atoms with E-state index < -0.39 is 11.5 Å². The highest BCUT2D eigenvalue weighted by Crippen LogP contribution is 2.42. The average molecular weight is 198 g/mol. The Morgan fingerprint density at radius 2 is 2.43 bits per heavy atom. The Hall–Kier alpha value is -0.830. The number of aliphatic hydroxyl groups is 1. The fourth-order valence-electron chi connectivity index (χ4n) is 2.14. The SMILES string of the molecule is C/C=C/C[C@@]1(C(=O)OC)CCC[C@H]1O. The van der Waals surface area contributed by atoms with Crippen LogP contribution in [0, 0.1) is 5.41 Å². The highest BCUT2D eigenvalue weighted by atomic mass is 16.5. The number of methoxy groups -OCH3 is 1. The fraction of sp³-hybridized carbons (Fsp3) is 0.727. The molecule has 1 N–H and O–H groups in total. The zero-order valence-corrected chi connectivity index (χ0v) is 8.82. The topological polar surface area (TPSA) is 46.5 Å². The van der Waals surface area contributed by atoms with Gasteiger partial charge in [-0.15, -0.1) is 0 Å². The van der Waals surface area contributed by atoms with E-state index in [1.165, 1.54) is 7.11 Å². The number of ether oxygens (including phenoxy) is 1. The molecule has 1 saturated carbocycles. The van der Waals surface area contributed by atoms with E-state index in [1.807, 2.05) is 19.1 Å². The summed E-state index contributed by atoms with van der Waals surface area (Å²) in [6.45, 7) is 1.91. The van der Waals surface area contributed by atoms with Gasteiger partial charge in [-0.2, -0.15) is 0 Å². The summed E-state index contributed by atoms with van der Waals surface area (Å²) in [6, 6.07) is 0. The van der Waals surface area contributed by atoms with E-state index in [1.54, 1.807) is 0 Å². The number of hydrogen-bond acceptors (Lipinski definition) is 3. The minimum absolute atomic E-state index is 0.277. The van der Waals surface area contributed by atoms with Gasteiger partial charge in [0.25, 0.3) is 0 Å². The van der Waals surface area contributed by atoms with Gasteiger partial charge in [0, 0.05) is 0 Å². The predicted octanol–water partition coefficient (Wildman–Crippen LogP) is 1.66. The van der Waals surface area contributed by atoms with Crippen molar-refractivity contribution in [2.75, 3.05) is 7.11 Å². The maximum absolute atomic E-state index is 11.6. The summed E-state index contributed by atoms with van der Waals surface area (Å²) in [6.07, 6.45) is 6.18. The first-order chi connectivity index (χ1) is 6.67. The standard InChI is InChI=1S/C11H18O3/c1-3-4-7-11(10(13)14-2)8-5-6-9(11)12/h3-4,9,12H,5-8H2,1-2H3/b4-3+/t9-,11-/m1/s1. The normalized spacial score (nSPS) is 32.4. The quantitative estimate of drug-likeness (QED) is 0.554. The van der Waals surface area contributed by atoms with Gasteiger partial charge in [-0.05, 0) is 32.6 Å². The molecule has 80 valence electrons. The van der Waals surface area contributed by atoms with Crippen LogP contribution in [0.3, 0.4) is 0 Å². The number of carbonyl (C=O) groups excluding carboxylic acids is 1. The summed E-state index contributed by atoms with van der Waals surface area (Å²) < 4.78 is 4.77. The van der Waals surface area contributed by atoms with Crippen molar-refractivity contribution in [3.05, 3.63) is 12.2 Å². The van der Waals surface area contributed by atoms with Crippen LogP contribution >= 0.6 is 0 Å². The molecule has 3 nitrogen and oxygen atoms in total. The van der Waals surface area contributed by atoms with Crippen molar-refractivity contribution in [3.63, 3.8) is 0 Å². The Kier molecular flexibility index (Phi) is 3.69. The molecular weight excluding hydrogens is 180 g/mol. The van der Waals surface area contributed by atoms with Crippen LogP contribution in [-0.4, -0.2) is 24.3 Å². The molecule has 14 heavy (non-hydrogen) atoms. The van der Waals surface area contributed by atoms with Gasteiger partial charge in [-0.1, -0.05) is 12.2 Å². The van der Waals surface area contributed by atoms with E-state index in [4.69, 9.17) is 4.74 Å². The molecule has 3 heteroatoms. The second-order valence-corrected chi connectivity index (χ2v) is 3.83. The molecule has 1 aliphatic carbocycles. The summed E-state index contributed by atoms with van der Waals surface area (Å²) in [5.74, 6) is -0.277. The maximum atomic E-state index is 11.6. The molecule has 0 aromatic carbocycles. The van der Waals surface area contributed by atoms with Crippen LogP contribution in [0.15, 0.2) is 12.2 Å². The van der Waals surface area contributed by atoms with Crippen LogP contribution in [0.25, 0.3) is 0 Å². The first kappa shape index (κ1) is 11.2. The van der Waals surface area contributed by atoms with Crippen LogP contribution in [-0.2, 0) is 9.53 Å². The summed E-state index contributed by atoms with van der Waals surface area (Å²) in [5.41, 5.74) is -0.679. The second-order valence-electron chi connectivity index (χ2n) is 3.83. The van der Waals surface area contributed by atoms with Crippen molar-refractivity contribution < 1.29 is 14.6 Å². The summed E-state index contributed by atoms with van der Waals surface area (Å²) in [7, 11) is 1.38. The zero-order chi connectivity index (χ0) is 10.6. The molecule has 0 aromatic heterocycles. The van der Waals surface area contributed by atoms with E-state index in [2.05, 4.69) is 0 Å². The molecule has 1 aliphatic rings. The number of esters is 1. The summed E-state index contributed by atoms with van der Waals surface area (Å²) in [5, 5.41) is 9.83. The third-order valence-electron chi connectivity index (χ3n) is 3.05. The molecular formula is C11H18O3. The Bertz CT molecular complexity index is 235. The van der Waals surface area contributed by atoms with Crippen LogP contribution in [0.4, 0.5) is 0 Å². The van der Waals surface area contributed by atoms with E-state index in [0.29, 0.717) is 12.8 Å². The molecule has 0 unspecified atom stereocenters. The molecule has 0 spiro atoms. The number of carbonyl (C=O) groups is 1. The van der Waals surface area contributed by atoms with Gasteiger partial charge in [0.15, 0.2) is 0 Å². The minimum atomic E-state index is -0.679. The Balaban J connectivity index is 2.83. The predicted molar refractivity (Wildman–Crippen MR) is 53.7 cm³/mol. The largest absolute Gasteiger partial charge is 0.469 e. The Morgan fingerprint density at radius 3 is 2.86 bits per heavy atom. The Labute approximate surface area is 84.8 Å². The van der Waals surface area contributed by atoms with E-state index in [9.17, 15) is 9.90 Å². The summed E-state index contributed by atoms with van der Waals surface area (Å²) in [4.78, 5) is 11.6. The fourth-order valence-corrected chi connectivity index (χ4v) is 2.14. The van der Waals surface area contributed by atoms with Crippen molar-refractivity contribution in [2.45, 2.75) is 38.7 Å². The first-order valence-corrected chi connectivity index (χ1v) is 5.05. The average Bonchev–Trinajstić information content (AvgIpc) is 2.57. The van der Waals surface area contributed by atoms with Gasteiger partial charge in [0.05, 0.1) is 18.6 Å². The van der Waals surface area contributed by atoms with Gasteiger partial charge in [0.2, 0.25) is 0 Å². The highest BCUT2D eigenvalue weighted by molar-refractivity contribution is 5.78. The number of rotatable bonds is 3. The van der Waals surface area contributed by atoms with Gasteiger partial charge in [-0.25, -0.2) is 0 Å². The molecule has 2 atom stereocenters. The number of allylic oxidation sites excluding steroid dienone is 2. The number of hydrogen-bond donors (Lipinski definition) is 1. The second kappa shape index (κ2) is 4.60. The van der Waals surface area contributed by atoms with Crippen molar-refractivity contribution in [1.29, 1.82) is 0 Å². The molecule has 0 heterocycles. The van der Waals surface area contributed by atoms with Crippen molar-refractivity contribution in [3.8, 4) is 0 Å². The molecule has 0 amide bonds. The lowest BCUT2D eigenvalue weighted by Gasteiger charge is -2.28. The lowest BCUT2D eigenvalue weighted by Crippen LogP contribution is -2.38. The molecule has 0 aliphatic heterocycles. The Morgan fingerprint density at radius 1 is 1.71 bits per heavy atom. The van der Waals surface area contributed by atoms with Gasteiger partial charge in [0.1, 0.15) is 0 Å². The van der Waals surface area contributed by atoms with E-state index in [-0.39, 0.29) is 5.97 Å². The van der Waals surface area contributed by atoms with Gasteiger partial charge in [-0.3, -0.25) is 4.79 Å². The maximum Gasteiger partial charge on any atom is 0.314 e.